The molecule has 0 atom stereocenters. The molecule has 0 spiro atoms. The Morgan fingerprint density at radius 3 is 2.50 bits per heavy atom. The maximum absolute atomic E-state index is 12.8. The Balaban J connectivity index is 1.26. The van der Waals surface area contributed by atoms with Gasteiger partial charge >= 0.3 is 0 Å². The predicted molar refractivity (Wildman–Crippen MR) is 133 cm³/mol. The molecule has 1 fully saturated rings. The minimum Gasteiger partial charge on any atom is -0.322 e. The van der Waals surface area contributed by atoms with Crippen LogP contribution in [0.1, 0.15) is 46.3 Å². The highest BCUT2D eigenvalue weighted by Crippen LogP contribution is 2.28. The van der Waals surface area contributed by atoms with Gasteiger partial charge < -0.3 is 5.32 Å². The van der Waals surface area contributed by atoms with E-state index < -0.39 is 0 Å². The molecule has 1 N–H and O–H groups in total. The first-order valence-corrected chi connectivity index (χ1v) is 11.7. The molecule has 3 aromatic carbocycles. The number of rotatable bonds is 5. The molecule has 3 nitrogen and oxygen atoms in total. The van der Waals surface area contributed by atoms with Crippen LogP contribution in [0, 0.1) is 6.92 Å². The van der Waals surface area contributed by atoms with Gasteiger partial charge in [0, 0.05) is 17.8 Å². The number of carbonyl (C=O) groups excluding carboxylic acids is 1. The molecular weight excluding hydrogens is 392 g/mol. The van der Waals surface area contributed by atoms with E-state index in [2.05, 4.69) is 47.5 Å². The summed E-state index contributed by atoms with van der Waals surface area (Å²) in [5.74, 6) is -0.0673. The molecule has 1 aliphatic carbocycles. The van der Waals surface area contributed by atoms with Crippen molar-refractivity contribution in [3.8, 4) is 11.1 Å². The van der Waals surface area contributed by atoms with Crippen molar-refractivity contribution in [2.45, 2.75) is 32.6 Å². The van der Waals surface area contributed by atoms with E-state index in [-0.39, 0.29) is 5.91 Å². The Hall–Kier alpha value is -3.17. The van der Waals surface area contributed by atoms with Crippen molar-refractivity contribution in [1.29, 1.82) is 0 Å². The summed E-state index contributed by atoms with van der Waals surface area (Å²) < 4.78 is 0. The van der Waals surface area contributed by atoms with E-state index in [0.29, 0.717) is 5.56 Å². The monoisotopic (exact) mass is 422 g/mol. The molecule has 0 aromatic heterocycles. The van der Waals surface area contributed by atoms with Gasteiger partial charge in [-0.25, -0.2) is 0 Å². The van der Waals surface area contributed by atoms with Crippen LogP contribution in [-0.4, -0.2) is 30.4 Å². The Labute approximate surface area is 190 Å². The number of carbonyl (C=O) groups is 1. The number of fused-ring (bicyclic) bond motifs is 1. The van der Waals surface area contributed by atoms with E-state index in [0.717, 1.165) is 30.6 Å². The third kappa shape index (κ3) is 4.53. The third-order valence-corrected chi connectivity index (χ3v) is 6.70. The summed E-state index contributed by atoms with van der Waals surface area (Å²) in [6.07, 6.45) is 7.18. The van der Waals surface area contributed by atoms with Gasteiger partial charge in [-0.15, -0.1) is 0 Å². The molecule has 162 valence electrons. The molecule has 1 aliphatic heterocycles. The summed E-state index contributed by atoms with van der Waals surface area (Å²) in [6.45, 7) is 5.69. The number of nitrogens with zero attached hydrogens (tertiary/aromatic N) is 1. The Kier molecular flexibility index (Phi) is 5.91. The van der Waals surface area contributed by atoms with Crippen LogP contribution in [-0.2, 0) is 6.42 Å². The number of anilines is 1. The maximum atomic E-state index is 12.8. The van der Waals surface area contributed by atoms with Crippen LogP contribution in [0.4, 0.5) is 5.69 Å². The average Bonchev–Trinajstić information content (AvgIpc) is 3.33. The van der Waals surface area contributed by atoms with Crippen LogP contribution < -0.4 is 5.32 Å². The van der Waals surface area contributed by atoms with Gasteiger partial charge in [0.1, 0.15) is 0 Å². The van der Waals surface area contributed by atoms with E-state index in [9.17, 15) is 4.79 Å². The highest BCUT2D eigenvalue weighted by molar-refractivity contribution is 6.04. The van der Waals surface area contributed by atoms with E-state index in [1.54, 1.807) is 0 Å². The Bertz CT molecular complexity index is 1150. The van der Waals surface area contributed by atoms with Gasteiger partial charge in [-0.3, -0.25) is 9.69 Å². The van der Waals surface area contributed by atoms with Gasteiger partial charge in [0.05, 0.1) is 0 Å². The van der Waals surface area contributed by atoms with E-state index in [4.69, 9.17) is 0 Å². The molecule has 3 heteroatoms. The van der Waals surface area contributed by atoms with Crippen molar-refractivity contribution < 1.29 is 4.79 Å². The topological polar surface area (TPSA) is 32.3 Å². The summed E-state index contributed by atoms with van der Waals surface area (Å²) in [5.41, 5.74) is 9.26. The fraction of sp³-hybridized carbons (Fsp3) is 0.276. The number of nitrogens with one attached hydrogen (secondary N) is 1. The number of aryl methyl sites for hydroxylation is 2. The van der Waals surface area contributed by atoms with E-state index >= 15 is 0 Å². The van der Waals surface area contributed by atoms with Crippen LogP contribution in [0.5, 0.6) is 0 Å². The summed E-state index contributed by atoms with van der Waals surface area (Å²) in [7, 11) is 0. The molecule has 0 saturated carbocycles. The normalized spacial score (nSPS) is 15.8. The fourth-order valence-electron chi connectivity index (χ4n) is 4.88. The largest absolute Gasteiger partial charge is 0.322 e. The first-order chi connectivity index (χ1) is 15.7. The fourth-order valence-corrected chi connectivity index (χ4v) is 4.88. The molecule has 32 heavy (non-hydrogen) atoms. The molecule has 2 aliphatic rings. The van der Waals surface area contributed by atoms with Crippen molar-refractivity contribution in [3.63, 3.8) is 0 Å². The van der Waals surface area contributed by atoms with Crippen LogP contribution >= 0.6 is 0 Å². The molecule has 3 aromatic rings. The molecule has 1 heterocycles. The highest BCUT2D eigenvalue weighted by atomic mass is 16.1. The Morgan fingerprint density at radius 2 is 1.72 bits per heavy atom. The zero-order valence-electron chi connectivity index (χ0n) is 18.7. The van der Waals surface area contributed by atoms with E-state index in [1.807, 2.05) is 42.5 Å². The van der Waals surface area contributed by atoms with E-state index in [1.165, 1.54) is 53.8 Å². The molecule has 1 saturated heterocycles. The van der Waals surface area contributed by atoms with Crippen molar-refractivity contribution in [3.05, 3.63) is 94.6 Å². The standard InChI is InChI=1S/C29H30N2O/c1-21-6-2-3-7-28(21)23-10-12-24(13-11-23)29(32)30-27-15-14-25-18-22(8-9-26(25)19-27)20-31-16-4-5-17-31/h2-3,6-7,10-15,18-19H,4-5,8-9,16-17,20H2,1H3,(H,30,32). The van der Waals surface area contributed by atoms with Gasteiger partial charge in [0.2, 0.25) is 0 Å². The predicted octanol–water partition coefficient (Wildman–Crippen LogP) is 6.34. The molecule has 5 rings (SSSR count). The van der Waals surface area contributed by atoms with Gasteiger partial charge in [-0.1, -0.05) is 54.1 Å². The van der Waals surface area contributed by atoms with Gasteiger partial charge in [-0.2, -0.15) is 0 Å². The zero-order valence-corrected chi connectivity index (χ0v) is 18.7. The molecule has 0 bridgehead atoms. The second-order valence-corrected chi connectivity index (χ2v) is 9.05. The first-order valence-electron chi connectivity index (χ1n) is 11.7. The summed E-state index contributed by atoms with van der Waals surface area (Å²) >= 11 is 0. The number of hydrogen-bond donors (Lipinski definition) is 1. The average molecular weight is 423 g/mol. The smallest absolute Gasteiger partial charge is 0.255 e. The minimum absolute atomic E-state index is 0.0673. The summed E-state index contributed by atoms with van der Waals surface area (Å²) in [5, 5.41) is 3.08. The number of amides is 1. The molecule has 1 amide bonds. The van der Waals surface area contributed by atoms with Gasteiger partial charge in [0.25, 0.3) is 5.91 Å². The summed E-state index contributed by atoms with van der Waals surface area (Å²) in [6, 6.07) is 22.5. The van der Waals surface area contributed by atoms with Crippen LogP contribution in [0.3, 0.4) is 0 Å². The number of benzene rings is 3. The van der Waals surface area contributed by atoms with Crippen molar-refractivity contribution in [2.75, 3.05) is 25.0 Å². The van der Waals surface area contributed by atoms with Crippen LogP contribution in [0.25, 0.3) is 17.2 Å². The Morgan fingerprint density at radius 1 is 0.938 bits per heavy atom. The number of hydrogen-bond acceptors (Lipinski definition) is 2. The second kappa shape index (κ2) is 9.13. The lowest BCUT2D eigenvalue weighted by molar-refractivity contribution is 0.102. The highest BCUT2D eigenvalue weighted by Gasteiger charge is 2.17. The molecular formula is C29H30N2O. The van der Waals surface area contributed by atoms with Crippen molar-refractivity contribution >= 4 is 17.7 Å². The maximum Gasteiger partial charge on any atom is 0.255 e. The lowest BCUT2D eigenvalue weighted by Gasteiger charge is -2.22. The minimum atomic E-state index is -0.0673. The van der Waals surface area contributed by atoms with Crippen molar-refractivity contribution in [2.24, 2.45) is 0 Å². The second-order valence-electron chi connectivity index (χ2n) is 9.05. The lowest BCUT2D eigenvalue weighted by atomic mass is 9.91. The molecule has 0 radical (unpaired) electrons. The molecule has 0 unspecified atom stereocenters. The van der Waals surface area contributed by atoms with Crippen LogP contribution in [0.15, 0.2) is 72.3 Å². The lowest BCUT2D eigenvalue weighted by Crippen LogP contribution is -2.23. The van der Waals surface area contributed by atoms with Crippen LogP contribution in [0.2, 0.25) is 0 Å². The van der Waals surface area contributed by atoms with Gasteiger partial charge in [-0.05, 0) is 97.8 Å². The third-order valence-electron chi connectivity index (χ3n) is 6.70. The first kappa shape index (κ1) is 20.7. The SMILES string of the molecule is Cc1ccccc1-c1ccc(C(=O)Nc2ccc3c(c2)CCC(CN2CCCC2)=C3)cc1. The quantitative estimate of drug-likeness (QED) is 0.520. The summed E-state index contributed by atoms with van der Waals surface area (Å²) in [4.78, 5) is 15.4. The zero-order chi connectivity index (χ0) is 21.9. The van der Waals surface area contributed by atoms with Crippen molar-refractivity contribution in [1.82, 2.24) is 4.90 Å². The van der Waals surface area contributed by atoms with Gasteiger partial charge in [0.15, 0.2) is 0 Å². The number of likely N-dealkylation sites (tertiary alicyclic amines) is 1.